The van der Waals surface area contributed by atoms with Crippen LogP contribution in [0.1, 0.15) is 36.1 Å². The van der Waals surface area contributed by atoms with E-state index in [1.165, 1.54) is 16.7 Å². The number of hydrogen-bond donors (Lipinski definition) is 0. The van der Waals surface area contributed by atoms with Crippen LogP contribution in [0.25, 0.3) is 0 Å². The molecular weight excluding hydrogens is 234 g/mol. The Morgan fingerprint density at radius 3 is 2.53 bits per heavy atom. The van der Waals surface area contributed by atoms with Crippen LogP contribution in [-0.4, -0.2) is 5.71 Å². The van der Waals surface area contributed by atoms with Gasteiger partial charge in [0.25, 0.3) is 0 Å². The number of oxime groups is 1. The fourth-order valence-electron chi connectivity index (χ4n) is 2.49. The van der Waals surface area contributed by atoms with Crippen LogP contribution in [0.4, 0.5) is 0 Å². The molecule has 96 valence electrons. The lowest BCUT2D eigenvalue weighted by molar-refractivity contribution is 0.0851. The highest BCUT2D eigenvalue weighted by atomic mass is 16.6. The molecule has 0 amide bonds. The lowest BCUT2D eigenvalue weighted by atomic mass is 9.95. The van der Waals surface area contributed by atoms with Gasteiger partial charge in [-0.25, -0.2) is 0 Å². The number of rotatable bonds is 3. The molecule has 1 aliphatic rings. The van der Waals surface area contributed by atoms with E-state index in [-0.39, 0.29) is 6.10 Å². The quantitative estimate of drug-likeness (QED) is 0.804. The lowest BCUT2D eigenvalue weighted by Crippen LogP contribution is -2.03. The van der Waals surface area contributed by atoms with Crippen LogP contribution in [-0.2, 0) is 11.3 Å². The third kappa shape index (κ3) is 2.68. The Kier molecular flexibility index (Phi) is 3.32. The molecule has 0 fully saturated rings. The third-order valence-electron chi connectivity index (χ3n) is 3.46. The number of benzene rings is 2. The van der Waals surface area contributed by atoms with Crippen LogP contribution < -0.4 is 0 Å². The van der Waals surface area contributed by atoms with E-state index in [2.05, 4.69) is 53.7 Å². The highest BCUT2D eigenvalue weighted by Crippen LogP contribution is 2.30. The van der Waals surface area contributed by atoms with Crippen molar-refractivity contribution < 1.29 is 4.84 Å². The highest BCUT2D eigenvalue weighted by Gasteiger charge is 2.22. The van der Waals surface area contributed by atoms with Crippen LogP contribution in [0.3, 0.4) is 0 Å². The highest BCUT2D eigenvalue weighted by molar-refractivity contribution is 5.83. The molecular formula is C17H17NO. The lowest BCUT2D eigenvalue weighted by Gasteiger charge is -2.14. The summed E-state index contributed by atoms with van der Waals surface area (Å²) in [7, 11) is 0. The summed E-state index contributed by atoms with van der Waals surface area (Å²) in [6, 6.07) is 19.0. The Morgan fingerprint density at radius 2 is 1.79 bits per heavy atom. The molecule has 0 saturated heterocycles. The number of hydrogen-bond acceptors (Lipinski definition) is 2. The van der Waals surface area contributed by atoms with E-state index in [9.17, 15) is 0 Å². The van der Waals surface area contributed by atoms with Crippen molar-refractivity contribution in [3.05, 3.63) is 71.3 Å². The zero-order valence-corrected chi connectivity index (χ0v) is 11.0. The Balaban J connectivity index is 1.86. The first-order valence-corrected chi connectivity index (χ1v) is 6.64. The average molecular weight is 251 g/mol. The standard InChI is InChI=1S/C17H17NO/c1-13-11-17(19-18-13)16-10-6-5-9-15(16)12-14-7-3-2-4-8-14/h2-10,17H,11-12H2,1H3. The van der Waals surface area contributed by atoms with E-state index in [0.717, 1.165) is 18.6 Å². The molecule has 0 aromatic heterocycles. The molecule has 19 heavy (non-hydrogen) atoms. The van der Waals surface area contributed by atoms with Gasteiger partial charge in [-0.1, -0.05) is 59.8 Å². The Morgan fingerprint density at radius 1 is 1.05 bits per heavy atom. The molecule has 2 aromatic carbocycles. The van der Waals surface area contributed by atoms with Crippen molar-refractivity contribution in [1.29, 1.82) is 0 Å². The SMILES string of the molecule is CC1=NOC(c2ccccc2Cc2ccccc2)C1. The largest absolute Gasteiger partial charge is 0.387 e. The Labute approximate surface area is 113 Å². The van der Waals surface area contributed by atoms with E-state index in [4.69, 9.17) is 4.84 Å². The Hall–Kier alpha value is -2.09. The summed E-state index contributed by atoms with van der Waals surface area (Å²) in [6.45, 7) is 2.01. The molecule has 1 unspecified atom stereocenters. The maximum atomic E-state index is 5.52. The van der Waals surface area contributed by atoms with Gasteiger partial charge in [0.15, 0.2) is 6.10 Å². The zero-order valence-electron chi connectivity index (χ0n) is 11.0. The van der Waals surface area contributed by atoms with E-state index in [0.29, 0.717) is 0 Å². The molecule has 2 nitrogen and oxygen atoms in total. The van der Waals surface area contributed by atoms with Gasteiger partial charge in [0, 0.05) is 6.42 Å². The van der Waals surface area contributed by atoms with Crippen molar-refractivity contribution in [2.75, 3.05) is 0 Å². The Bertz CT molecular complexity index is 589. The molecule has 1 atom stereocenters. The minimum Gasteiger partial charge on any atom is -0.387 e. The van der Waals surface area contributed by atoms with Gasteiger partial charge < -0.3 is 4.84 Å². The van der Waals surface area contributed by atoms with Gasteiger partial charge in [0.1, 0.15) is 0 Å². The summed E-state index contributed by atoms with van der Waals surface area (Å²) in [5, 5.41) is 4.06. The predicted molar refractivity (Wildman–Crippen MR) is 77.2 cm³/mol. The van der Waals surface area contributed by atoms with Crippen molar-refractivity contribution in [3.8, 4) is 0 Å². The summed E-state index contributed by atoms with van der Waals surface area (Å²) in [4.78, 5) is 5.52. The summed E-state index contributed by atoms with van der Waals surface area (Å²) < 4.78 is 0. The van der Waals surface area contributed by atoms with Crippen LogP contribution >= 0.6 is 0 Å². The van der Waals surface area contributed by atoms with Crippen LogP contribution in [0.2, 0.25) is 0 Å². The van der Waals surface area contributed by atoms with E-state index in [1.54, 1.807) is 0 Å². The monoisotopic (exact) mass is 251 g/mol. The second kappa shape index (κ2) is 5.27. The van der Waals surface area contributed by atoms with Crippen molar-refractivity contribution in [3.63, 3.8) is 0 Å². The second-order valence-corrected chi connectivity index (χ2v) is 4.99. The topological polar surface area (TPSA) is 21.6 Å². The fourth-order valence-corrected chi connectivity index (χ4v) is 2.49. The van der Waals surface area contributed by atoms with Crippen LogP contribution in [0.5, 0.6) is 0 Å². The van der Waals surface area contributed by atoms with Crippen molar-refractivity contribution in [2.45, 2.75) is 25.9 Å². The summed E-state index contributed by atoms with van der Waals surface area (Å²) in [6.07, 6.45) is 1.92. The maximum Gasteiger partial charge on any atom is 0.158 e. The summed E-state index contributed by atoms with van der Waals surface area (Å²) in [5.41, 5.74) is 4.97. The van der Waals surface area contributed by atoms with Gasteiger partial charge >= 0.3 is 0 Å². The second-order valence-electron chi connectivity index (χ2n) is 4.99. The smallest absolute Gasteiger partial charge is 0.158 e. The fraction of sp³-hybridized carbons (Fsp3) is 0.235. The molecule has 0 bridgehead atoms. The normalized spacial score (nSPS) is 17.9. The van der Waals surface area contributed by atoms with E-state index < -0.39 is 0 Å². The maximum absolute atomic E-state index is 5.52. The first-order chi connectivity index (χ1) is 9.33. The molecule has 0 saturated carbocycles. The van der Waals surface area contributed by atoms with Crippen LogP contribution in [0, 0.1) is 0 Å². The molecule has 0 radical (unpaired) electrons. The first-order valence-electron chi connectivity index (χ1n) is 6.64. The van der Waals surface area contributed by atoms with Gasteiger partial charge in [0.05, 0.1) is 5.71 Å². The van der Waals surface area contributed by atoms with Crippen molar-refractivity contribution in [1.82, 2.24) is 0 Å². The minimum atomic E-state index is 0.0833. The summed E-state index contributed by atoms with van der Waals surface area (Å²) >= 11 is 0. The van der Waals surface area contributed by atoms with E-state index in [1.807, 2.05) is 13.0 Å². The van der Waals surface area contributed by atoms with Gasteiger partial charge in [-0.3, -0.25) is 0 Å². The number of nitrogens with zero attached hydrogens (tertiary/aromatic N) is 1. The molecule has 2 aromatic rings. The molecule has 0 N–H and O–H groups in total. The van der Waals surface area contributed by atoms with Crippen molar-refractivity contribution >= 4 is 5.71 Å². The molecule has 0 aliphatic carbocycles. The zero-order chi connectivity index (χ0) is 13.1. The van der Waals surface area contributed by atoms with Gasteiger partial charge in [0.2, 0.25) is 0 Å². The molecule has 1 heterocycles. The van der Waals surface area contributed by atoms with E-state index >= 15 is 0 Å². The third-order valence-corrected chi connectivity index (χ3v) is 3.46. The molecule has 0 spiro atoms. The molecule has 3 rings (SSSR count). The summed E-state index contributed by atoms with van der Waals surface area (Å²) in [5.74, 6) is 0. The minimum absolute atomic E-state index is 0.0833. The van der Waals surface area contributed by atoms with Gasteiger partial charge in [-0.2, -0.15) is 0 Å². The molecule has 2 heteroatoms. The van der Waals surface area contributed by atoms with Crippen molar-refractivity contribution in [2.24, 2.45) is 5.16 Å². The first kappa shape index (κ1) is 12.0. The van der Waals surface area contributed by atoms with Gasteiger partial charge in [-0.05, 0) is 30.0 Å². The molecule has 1 aliphatic heterocycles. The van der Waals surface area contributed by atoms with Gasteiger partial charge in [-0.15, -0.1) is 0 Å². The average Bonchev–Trinajstić information content (AvgIpc) is 2.87. The van der Waals surface area contributed by atoms with Crippen LogP contribution in [0.15, 0.2) is 59.8 Å². The predicted octanol–water partition coefficient (Wildman–Crippen LogP) is 4.11.